The van der Waals surface area contributed by atoms with E-state index in [1.165, 1.54) is 12.7 Å². The van der Waals surface area contributed by atoms with E-state index >= 15 is 0 Å². The molecular weight excluding hydrogens is 519 g/mol. The van der Waals surface area contributed by atoms with E-state index < -0.39 is 24.2 Å². The van der Waals surface area contributed by atoms with Gasteiger partial charge in [-0.05, 0) is 97.2 Å². The Bertz CT molecular complexity index is 1190. The van der Waals surface area contributed by atoms with Gasteiger partial charge in [-0.2, -0.15) is 13.2 Å². The lowest BCUT2D eigenvalue weighted by molar-refractivity contribution is -0.212. The maximum atomic E-state index is 13.7. The number of hydrogen-bond acceptors (Lipinski definition) is 4. The third-order valence-electron chi connectivity index (χ3n) is 10.9. The fourth-order valence-corrected chi connectivity index (χ4v) is 8.67. The number of amides is 1. The van der Waals surface area contributed by atoms with Crippen LogP contribution in [0.1, 0.15) is 64.4 Å². The number of esters is 1. The van der Waals surface area contributed by atoms with Crippen LogP contribution in [-0.4, -0.2) is 42.4 Å². The van der Waals surface area contributed by atoms with Crippen molar-refractivity contribution < 1.29 is 32.6 Å². The maximum Gasteiger partial charge on any atom is 0.416 e. The number of allylic oxidation sites excluding steroid dienone is 3. The molecule has 218 valence electrons. The zero-order chi connectivity index (χ0) is 28.9. The third-order valence-corrected chi connectivity index (χ3v) is 10.9. The smallest absolute Gasteiger partial charge is 0.416 e. The van der Waals surface area contributed by atoms with E-state index in [4.69, 9.17) is 4.74 Å². The van der Waals surface area contributed by atoms with Gasteiger partial charge in [0.1, 0.15) is 0 Å². The van der Waals surface area contributed by atoms with E-state index in [-0.39, 0.29) is 29.1 Å². The van der Waals surface area contributed by atoms with Gasteiger partial charge in [-0.1, -0.05) is 50.3 Å². The Balaban J connectivity index is 1.35. The van der Waals surface area contributed by atoms with Crippen LogP contribution in [0.15, 0.2) is 53.6 Å². The molecule has 0 saturated heterocycles. The molecule has 1 amide bonds. The van der Waals surface area contributed by atoms with Gasteiger partial charge >= 0.3 is 12.1 Å². The summed E-state index contributed by atoms with van der Waals surface area (Å²) < 4.78 is 45.7. The molecule has 0 radical (unpaired) electrons. The summed E-state index contributed by atoms with van der Waals surface area (Å²) in [7, 11) is 1.41. The number of nitrogens with one attached hydrogen (secondary N) is 1. The molecule has 5 rings (SSSR count). The number of methoxy groups -OCH3 is 1. The Morgan fingerprint density at radius 2 is 1.82 bits per heavy atom. The minimum atomic E-state index is -4.84. The molecule has 0 spiro atoms. The van der Waals surface area contributed by atoms with Crippen molar-refractivity contribution in [1.29, 1.82) is 0 Å². The molecule has 0 heterocycles. The summed E-state index contributed by atoms with van der Waals surface area (Å²) in [5.74, 6) is 0.0663. The van der Waals surface area contributed by atoms with Crippen molar-refractivity contribution in [2.24, 2.45) is 34.5 Å². The van der Waals surface area contributed by atoms with Gasteiger partial charge in [0.15, 0.2) is 6.10 Å². The van der Waals surface area contributed by atoms with Crippen LogP contribution in [0.25, 0.3) is 0 Å². The average Bonchev–Trinajstić information content (AvgIpc) is 3.28. The second-order valence-corrected chi connectivity index (χ2v) is 12.8. The molecule has 5 nitrogen and oxygen atoms in total. The molecule has 1 aromatic carbocycles. The Kier molecular flexibility index (Phi) is 7.70. The van der Waals surface area contributed by atoms with E-state index in [9.17, 15) is 27.9 Å². The highest BCUT2D eigenvalue weighted by Crippen LogP contribution is 2.66. The first-order valence-corrected chi connectivity index (χ1v) is 14.5. The van der Waals surface area contributed by atoms with Gasteiger partial charge in [0.05, 0.1) is 13.2 Å². The fraction of sp³-hybridized carbons (Fsp3) is 0.625. The van der Waals surface area contributed by atoms with Crippen molar-refractivity contribution in [3.63, 3.8) is 0 Å². The Hall–Kier alpha value is -2.61. The SMILES string of the molecule is COC(=O)C1=CC2=CC[C@H]3[C@@H]4CC[C@H](C(=O)NC(Cc5ccccc5)C(O)C(F)(F)F)[C@@]4(C)CC[C@@H]3[C@@]2(C)CC1. The van der Waals surface area contributed by atoms with Gasteiger partial charge in [-0.3, -0.25) is 4.79 Å². The number of carbonyl (C=O) groups excluding carboxylic acids is 2. The number of hydrogen-bond donors (Lipinski definition) is 2. The molecule has 8 atom stereocenters. The van der Waals surface area contributed by atoms with Gasteiger partial charge in [-0.15, -0.1) is 0 Å². The molecule has 2 N–H and O–H groups in total. The molecule has 4 aliphatic rings. The number of aliphatic hydroxyl groups is 1. The highest BCUT2D eigenvalue weighted by atomic mass is 19.4. The molecule has 1 aromatic rings. The summed E-state index contributed by atoms with van der Waals surface area (Å²) >= 11 is 0. The van der Waals surface area contributed by atoms with E-state index in [1.54, 1.807) is 30.3 Å². The Labute approximate surface area is 234 Å². The molecule has 0 aliphatic heterocycles. The minimum Gasteiger partial charge on any atom is -0.466 e. The van der Waals surface area contributed by atoms with Crippen LogP contribution in [0.3, 0.4) is 0 Å². The largest absolute Gasteiger partial charge is 0.466 e. The van der Waals surface area contributed by atoms with Crippen LogP contribution in [0.5, 0.6) is 0 Å². The summed E-state index contributed by atoms with van der Waals surface area (Å²) in [6, 6.07) is 7.20. The molecule has 2 saturated carbocycles. The van der Waals surface area contributed by atoms with Crippen molar-refractivity contribution in [2.45, 2.75) is 83.5 Å². The van der Waals surface area contributed by atoms with Crippen LogP contribution < -0.4 is 5.32 Å². The quantitative estimate of drug-likeness (QED) is 0.424. The van der Waals surface area contributed by atoms with Crippen molar-refractivity contribution >= 4 is 11.9 Å². The normalized spacial score (nSPS) is 34.8. The van der Waals surface area contributed by atoms with Crippen molar-refractivity contribution in [3.8, 4) is 0 Å². The Morgan fingerprint density at radius 3 is 2.50 bits per heavy atom. The number of halogens is 3. The molecule has 0 aromatic heterocycles. The van der Waals surface area contributed by atoms with Crippen LogP contribution in [0.4, 0.5) is 13.2 Å². The lowest BCUT2D eigenvalue weighted by Crippen LogP contribution is -2.55. The zero-order valence-electron chi connectivity index (χ0n) is 23.5. The first kappa shape index (κ1) is 28.9. The summed E-state index contributed by atoms with van der Waals surface area (Å²) in [5.41, 5.74) is 2.20. The number of rotatable bonds is 6. The van der Waals surface area contributed by atoms with Gasteiger partial charge in [0, 0.05) is 11.5 Å². The maximum absolute atomic E-state index is 13.7. The average molecular weight is 560 g/mol. The van der Waals surface area contributed by atoms with E-state index in [0.717, 1.165) is 32.1 Å². The molecule has 2 fully saturated rings. The molecular formula is C32H40F3NO4. The van der Waals surface area contributed by atoms with Crippen LogP contribution in [0.2, 0.25) is 0 Å². The molecule has 8 heteroatoms. The monoisotopic (exact) mass is 559 g/mol. The first-order valence-electron chi connectivity index (χ1n) is 14.5. The van der Waals surface area contributed by atoms with E-state index in [1.807, 2.05) is 6.08 Å². The topological polar surface area (TPSA) is 75.6 Å². The second-order valence-electron chi connectivity index (χ2n) is 12.8. The fourth-order valence-electron chi connectivity index (χ4n) is 8.67. The lowest BCUT2D eigenvalue weighted by Gasteiger charge is -2.57. The van der Waals surface area contributed by atoms with Crippen molar-refractivity contribution in [3.05, 3.63) is 59.2 Å². The molecule has 40 heavy (non-hydrogen) atoms. The number of aliphatic hydroxyl groups excluding tert-OH is 1. The van der Waals surface area contributed by atoms with E-state index in [2.05, 4.69) is 25.2 Å². The van der Waals surface area contributed by atoms with Gasteiger partial charge in [-0.25, -0.2) is 4.79 Å². The summed E-state index contributed by atoms with van der Waals surface area (Å²) in [5, 5.41) is 12.8. The highest BCUT2D eigenvalue weighted by Gasteiger charge is 2.60. The van der Waals surface area contributed by atoms with Crippen molar-refractivity contribution in [1.82, 2.24) is 5.32 Å². The molecule has 0 bridgehead atoms. The predicted molar refractivity (Wildman–Crippen MR) is 145 cm³/mol. The highest BCUT2D eigenvalue weighted by molar-refractivity contribution is 5.89. The van der Waals surface area contributed by atoms with Gasteiger partial charge < -0.3 is 15.2 Å². The van der Waals surface area contributed by atoms with Crippen LogP contribution in [0, 0.1) is 34.5 Å². The number of fused-ring (bicyclic) bond motifs is 5. The number of benzene rings is 1. The molecule has 2 unspecified atom stereocenters. The first-order chi connectivity index (χ1) is 18.9. The lowest BCUT2D eigenvalue weighted by atomic mass is 9.48. The minimum absolute atomic E-state index is 0.0420. The van der Waals surface area contributed by atoms with Crippen molar-refractivity contribution in [2.75, 3.05) is 7.11 Å². The second kappa shape index (κ2) is 10.7. The summed E-state index contributed by atoms with van der Waals surface area (Å²) in [6.45, 7) is 4.45. The zero-order valence-corrected chi connectivity index (χ0v) is 23.5. The molecule has 4 aliphatic carbocycles. The third kappa shape index (κ3) is 5.01. The summed E-state index contributed by atoms with van der Waals surface area (Å²) in [6.07, 6.45) is 2.40. The Morgan fingerprint density at radius 1 is 1.10 bits per heavy atom. The number of ether oxygens (including phenoxy) is 1. The number of carbonyl (C=O) groups is 2. The van der Waals surface area contributed by atoms with Crippen LogP contribution in [-0.2, 0) is 20.7 Å². The summed E-state index contributed by atoms with van der Waals surface area (Å²) in [4.78, 5) is 25.8. The van der Waals surface area contributed by atoms with Crippen LogP contribution >= 0.6 is 0 Å². The van der Waals surface area contributed by atoms with E-state index in [0.29, 0.717) is 41.7 Å². The predicted octanol–water partition coefficient (Wildman–Crippen LogP) is 5.93. The van der Waals surface area contributed by atoms with Gasteiger partial charge in [0.2, 0.25) is 5.91 Å². The standard InChI is InChI=1S/C32H40F3NO4/c1-30-15-13-20(29(39)40-3)18-21(30)9-10-22-23-11-12-25(31(23,2)16-14-24(22)30)28(38)36-26(27(37)32(33,34)35)17-19-7-5-4-6-8-19/h4-9,18,22-27,37H,10-17H2,1-3H3,(H,36,38)/t22-,23-,24-,25+,26?,27?,30-,31-/m0/s1. The van der Waals surface area contributed by atoms with Gasteiger partial charge in [0.25, 0.3) is 0 Å². The number of alkyl halides is 3.